The lowest BCUT2D eigenvalue weighted by Crippen LogP contribution is -2.05. The molecule has 2 aromatic rings. The second-order valence-electron chi connectivity index (χ2n) is 3.97. The maximum atomic E-state index is 12.7. The van der Waals surface area contributed by atoms with Crippen molar-refractivity contribution in [2.45, 2.75) is 16.6 Å². The van der Waals surface area contributed by atoms with Crippen molar-refractivity contribution in [2.24, 2.45) is 0 Å². The summed E-state index contributed by atoms with van der Waals surface area (Å²) in [6, 6.07) is 1.59. The second kappa shape index (κ2) is 6.08. The number of nitrogens with zero attached hydrogens (tertiary/aromatic N) is 1. The van der Waals surface area contributed by atoms with E-state index in [0.29, 0.717) is 0 Å². The van der Waals surface area contributed by atoms with Gasteiger partial charge in [0.1, 0.15) is 0 Å². The average Bonchev–Trinajstić information content (AvgIpc) is 2.72. The molecule has 1 aromatic carbocycles. The molecule has 11 heteroatoms. The van der Waals surface area contributed by atoms with Gasteiger partial charge in [-0.05, 0) is 23.9 Å². The summed E-state index contributed by atoms with van der Waals surface area (Å²) in [5, 5.41) is 5.90. The van der Waals surface area contributed by atoms with E-state index in [1.54, 1.807) is 0 Å². The smallest absolute Gasteiger partial charge is 0.277 e. The number of halogens is 8. The van der Waals surface area contributed by atoms with Gasteiger partial charge in [0.25, 0.3) is 0 Å². The van der Waals surface area contributed by atoms with Crippen LogP contribution < -0.4 is 0 Å². The van der Waals surface area contributed by atoms with E-state index < -0.39 is 29.0 Å². The lowest BCUT2D eigenvalue weighted by Gasteiger charge is -2.13. The number of thioether (sulfide) groups is 1. The Morgan fingerprint density at radius 2 is 1.55 bits per heavy atom. The van der Waals surface area contributed by atoms with Crippen LogP contribution in [0.3, 0.4) is 0 Å². The van der Waals surface area contributed by atoms with Crippen LogP contribution in [0.5, 0.6) is 0 Å². The van der Waals surface area contributed by atoms with Crippen molar-refractivity contribution in [3.05, 3.63) is 32.8 Å². The first-order valence-electron chi connectivity index (χ1n) is 5.35. The maximum absolute atomic E-state index is 12.7. The van der Waals surface area contributed by atoms with Crippen LogP contribution >= 0.6 is 43.6 Å². The van der Waals surface area contributed by atoms with E-state index in [4.69, 9.17) is 0 Å². The van der Waals surface area contributed by atoms with Gasteiger partial charge in [-0.15, -0.1) is 0 Å². The highest BCUT2D eigenvalue weighted by molar-refractivity contribution is 9.11. The molecule has 0 spiro atoms. The Labute approximate surface area is 140 Å². The quantitative estimate of drug-likeness (QED) is 0.417. The van der Waals surface area contributed by atoms with Gasteiger partial charge < -0.3 is 0 Å². The zero-order valence-electron chi connectivity index (χ0n) is 10.1. The van der Waals surface area contributed by atoms with Crippen molar-refractivity contribution in [3.8, 4) is 11.3 Å². The van der Waals surface area contributed by atoms with Crippen molar-refractivity contribution in [2.75, 3.05) is 0 Å². The summed E-state index contributed by atoms with van der Waals surface area (Å²) in [4.78, 5) is -0.242. The lowest BCUT2D eigenvalue weighted by atomic mass is 10.1. The van der Waals surface area contributed by atoms with Crippen LogP contribution in [0.2, 0.25) is 0 Å². The summed E-state index contributed by atoms with van der Waals surface area (Å²) in [6.07, 6.45) is -3.61. The molecule has 22 heavy (non-hydrogen) atoms. The molecule has 0 aliphatic carbocycles. The molecule has 2 nitrogen and oxygen atoms in total. The van der Waals surface area contributed by atoms with Crippen LogP contribution in [0.1, 0.15) is 5.56 Å². The Morgan fingerprint density at radius 3 is 2.00 bits per heavy atom. The Balaban J connectivity index is 2.53. The number of nitrogens with one attached hydrogen (secondary N) is 1. The first-order valence-corrected chi connectivity index (χ1v) is 7.75. The highest BCUT2D eigenvalue weighted by Crippen LogP contribution is 2.45. The van der Waals surface area contributed by atoms with E-state index in [-0.39, 0.29) is 25.1 Å². The minimum absolute atomic E-state index is 0.0116. The largest absolute Gasteiger partial charge is 0.446 e. The zero-order valence-corrected chi connectivity index (χ0v) is 14.1. The van der Waals surface area contributed by atoms with Crippen LogP contribution in [0.4, 0.5) is 26.3 Å². The molecule has 1 N–H and O–H groups in total. The van der Waals surface area contributed by atoms with Crippen molar-refractivity contribution in [1.82, 2.24) is 10.2 Å². The third-order valence-electron chi connectivity index (χ3n) is 2.45. The van der Waals surface area contributed by atoms with Crippen LogP contribution in [-0.2, 0) is 6.18 Å². The fourth-order valence-corrected chi connectivity index (χ4v) is 3.82. The zero-order chi connectivity index (χ0) is 16.7. The predicted octanol–water partition coefficient (Wildman–Crippen LogP) is 6.23. The van der Waals surface area contributed by atoms with Gasteiger partial charge >= 0.3 is 11.7 Å². The van der Waals surface area contributed by atoms with Gasteiger partial charge in [0.05, 0.1) is 22.3 Å². The first-order chi connectivity index (χ1) is 9.99. The van der Waals surface area contributed by atoms with E-state index >= 15 is 0 Å². The second-order valence-corrected chi connectivity index (χ2v) is 6.79. The van der Waals surface area contributed by atoms with Gasteiger partial charge in [0, 0.05) is 14.5 Å². The number of hydrogen-bond donors (Lipinski definition) is 1. The standard InChI is InChI=1S/C11H4Br2F6N2S/c12-5-1-4(10(14,15)16)2-6(13)8(5)9-7(3-20-21-9)22-11(17,18)19/h1-3H,(H,20,21). The van der Waals surface area contributed by atoms with E-state index in [1.807, 2.05) is 0 Å². The Hall–Kier alpha value is -0.680. The van der Waals surface area contributed by atoms with Gasteiger partial charge in [-0.2, -0.15) is 31.4 Å². The summed E-state index contributed by atoms with van der Waals surface area (Å²) < 4.78 is 75.6. The molecular weight excluding hydrogens is 466 g/mol. The number of alkyl halides is 6. The number of aromatic amines is 1. The molecule has 0 atom stereocenters. The van der Waals surface area contributed by atoms with Crippen molar-refractivity contribution < 1.29 is 26.3 Å². The van der Waals surface area contributed by atoms with Crippen LogP contribution in [0.25, 0.3) is 11.3 Å². The average molecular weight is 470 g/mol. The number of rotatable bonds is 2. The van der Waals surface area contributed by atoms with Gasteiger partial charge in [0.15, 0.2) is 0 Å². The Morgan fingerprint density at radius 1 is 1.00 bits per heavy atom. The Bertz CT molecular complexity index is 672. The van der Waals surface area contributed by atoms with Crippen molar-refractivity contribution >= 4 is 43.6 Å². The highest BCUT2D eigenvalue weighted by atomic mass is 79.9. The molecule has 0 saturated carbocycles. The summed E-state index contributed by atoms with van der Waals surface area (Å²) >= 11 is 5.51. The third-order valence-corrected chi connectivity index (χ3v) is 4.46. The summed E-state index contributed by atoms with van der Waals surface area (Å²) in [5.41, 5.74) is -5.38. The molecule has 0 bridgehead atoms. The van der Waals surface area contributed by atoms with Gasteiger partial charge in [-0.25, -0.2) is 0 Å². The molecule has 120 valence electrons. The maximum Gasteiger partial charge on any atom is 0.446 e. The molecule has 0 amide bonds. The minimum atomic E-state index is -4.57. The molecule has 0 unspecified atom stereocenters. The number of hydrogen-bond acceptors (Lipinski definition) is 2. The topological polar surface area (TPSA) is 28.7 Å². The Kier molecular flexibility index (Phi) is 4.88. The predicted molar refractivity (Wildman–Crippen MR) is 76.3 cm³/mol. The van der Waals surface area contributed by atoms with Crippen LogP contribution in [0.15, 0.2) is 32.2 Å². The summed E-state index contributed by atoms with van der Waals surface area (Å²) in [6.45, 7) is 0. The van der Waals surface area contributed by atoms with E-state index in [9.17, 15) is 26.3 Å². The van der Waals surface area contributed by atoms with Gasteiger partial charge in [-0.1, -0.05) is 31.9 Å². The van der Waals surface area contributed by atoms with Crippen molar-refractivity contribution in [1.29, 1.82) is 0 Å². The highest BCUT2D eigenvalue weighted by Gasteiger charge is 2.34. The molecule has 0 saturated heterocycles. The minimum Gasteiger partial charge on any atom is -0.277 e. The molecular formula is C11H4Br2F6N2S. The molecule has 1 heterocycles. The summed E-state index contributed by atoms with van der Waals surface area (Å²) in [7, 11) is 0. The summed E-state index contributed by atoms with van der Waals surface area (Å²) in [5.74, 6) is 0. The van der Waals surface area contributed by atoms with Crippen molar-refractivity contribution in [3.63, 3.8) is 0 Å². The van der Waals surface area contributed by atoms with Crippen LogP contribution in [-0.4, -0.2) is 15.7 Å². The fourth-order valence-electron chi connectivity index (χ4n) is 1.63. The number of benzene rings is 1. The number of H-pyrrole nitrogens is 1. The van der Waals surface area contributed by atoms with Gasteiger partial charge in [0.2, 0.25) is 0 Å². The molecule has 0 aliphatic heterocycles. The van der Waals surface area contributed by atoms with Crippen LogP contribution in [0, 0.1) is 0 Å². The van der Waals surface area contributed by atoms with Gasteiger partial charge in [-0.3, -0.25) is 5.10 Å². The van der Waals surface area contributed by atoms with E-state index in [0.717, 1.165) is 18.3 Å². The fraction of sp³-hybridized carbons (Fsp3) is 0.182. The molecule has 1 aromatic heterocycles. The lowest BCUT2D eigenvalue weighted by molar-refractivity contribution is -0.137. The van der Waals surface area contributed by atoms with E-state index in [2.05, 4.69) is 42.1 Å². The SMILES string of the molecule is FC(F)(F)Sc1cn[nH]c1-c1c(Br)cc(C(F)(F)F)cc1Br. The molecule has 2 rings (SSSR count). The molecule has 0 fully saturated rings. The normalized spacial score (nSPS) is 12.7. The number of aromatic nitrogens is 2. The van der Waals surface area contributed by atoms with E-state index in [1.165, 1.54) is 0 Å². The molecule has 0 aliphatic rings. The molecule has 0 radical (unpaired) electrons. The monoisotopic (exact) mass is 468 g/mol. The first kappa shape index (κ1) is 17.7. The third kappa shape index (κ3) is 3.99.